The van der Waals surface area contributed by atoms with Crippen LogP contribution in [0.15, 0.2) is 45.8 Å². The second-order valence-electron chi connectivity index (χ2n) is 2.86. The summed E-state index contributed by atoms with van der Waals surface area (Å²) in [5.74, 6) is 0. The van der Waals surface area contributed by atoms with Crippen molar-refractivity contribution in [2.45, 2.75) is 4.90 Å². The third-order valence-electron chi connectivity index (χ3n) is 1.98. The fraction of sp³-hybridized carbons (Fsp3) is 0. The highest BCUT2D eigenvalue weighted by molar-refractivity contribution is 9.10. The molecule has 14 heavy (non-hydrogen) atoms. The first-order valence-electron chi connectivity index (χ1n) is 3.96. The molecule has 0 fully saturated rings. The monoisotopic (exact) mass is 269 g/mol. The molecular weight excluding hydrogens is 264 g/mol. The van der Waals surface area contributed by atoms with E-state index in [9.17, 15) is 8.76 Å². The summed E-state index contributed by atoms with van der Waals surface area (Å²) in [6.45, 7) is 0. The van der Waals surface area contributed by atoms with Crippen molar-refractivity contribution >= 4 is 37.8 Å². The molecule has 0 heterocycles. The summed E-state index contributed by atoms with van der Waals surface area (Å²) >= 11 is 1.13. The van der Waals surface area contributed by atoms with Crippen LogP contribution in [0.4, 0.5) is 0 Å². The molecule has 0 aliphatic heterocycles. The number of benzene rings is 2. The zero-order valence-electron chi connectivity index (χ0n) is 7.07. The molecule has 0 saturated heterocycles. The van der Waals surface area contributed by atoms with E-state index in [1.54, 1.807) is 18.2 Å². The van der Waals surface area contributed by atoms with Crippen molar-refractivity contribution in [3.63, 3.8) is 0 Å². The Balaban J connectivity index is 2.84. The maximum atomic E-state index is 10.9. The molecule has 1 atom stereocenters. The Labute approximate surface area is 92.4 Å². The van der Waals surface area contributed by atoms with E-state index >= 15 is 0 Å². The van der Waals surface area contributed by atoms with E-state index in [1.807, 2.05) is 18.2 Å². The molecule has 0 bridgehead atoms. The second-order valence-corrected chi connectivity index (χ2v) is 4.68. The quantitative estimate of drug-likeness (QED) is 0.747. The van der Waals surface area contributed by atoms with Gasteiger partial charge in [-0.3, -0.25) is 4.21 Å². The lowest BCUT2D eigenvalue weighted by Crippen LogP contribution is -1.89. The van der Waals surface area contributed by atoms with Gasteiger partial charge < -0.3 is 4.55 Å². The van der Waals surface area contributed by atoms with Crippen molar-refractivity contribution in [3.8, 4) is 0 Å². The molecule has 2 aromatic rings. The van der Waals surface area contributed by atoms with E-state index in [0.717, 1.165) is 15.2 Å². The van der Waals surface area contributed by atoms with Crippen LogP contribution in [0.25, 0.3) is 10.8 Å². The van der Waals surface area contributed by atoms with Crippen LogP contribution >= 0.6 is 15.9 Å². The van der Waals surface area contributed by atoms with Gasteiger partial charge in [-0.2, -0.15) is 0 Å². The Morgan fingerprint density at radius 2 is 2.00 bits per heavy atom. The van der Waals surface area contributed by atoms with Gasteiger partial charge in [-0.05, 0) is 40.1 Å². The molecule has 72 valence electrons. The number of hydrogen-bond acceptors (Lipinski definition) is 2. The van der Waals surface area contributed by atoms with Gasteiger partial charge in [0.25, 0.3) is 0 Å². The van der Waals surface area contributed by atoms with Crippen molar-refractivity contribution in [2.24, 2.45) is 0 Å². The minimum atomic E-state index is -2.18. The van der Waals surface area contributed by atoms with Crippen molar-refractivity contribution in [1.82, 2.24) is 0 Å². The summed E-state index contributed by atoms with van der Waals surface area (Å²) in [5, 5.41) is 1.67. The van der Waals surface area contributed by atoms with E-state index in [0.29, 0.717) is 4.90 Å². The fourth-order valence-electron chi connectivity index (χ4n) is 1.36. The van der Waals surface area contributed by atoms with Crippen molar-refractivity contribution in [3.05, 3.63) is 40.9 Å². The van der Waals surface area contributed by atoms with Crippen LogP contribution < -0.4 is 0 Å². The zero-order valence-corrected chi connectivity index (χ0v) is 9.47. The first-order chi connectivity index (χ1) is 6.68. The van der Waals surface area contributed by atoms with E-state index < -0.39 is 11.1 Å². The standard InChI is InChI=1S/C10H7BrO2S/c11-8-5-4-7-2-1-3-10(14(12)13)9(7)6-8/h1-6H,(H,12,13)/p-1. The van der Waals surface area contributed by atoms with Gasteiger partial charge in [-0.15, -0.1) is 0 Å². The Bertz CT molecular complexity index is 510. The highest BCUT2D eigenvalue weighted by Crippen LogP contribution is 2.24. The first-order valence-corrected chi connectivity index (χ1v) is 5.83. The van der Waals surface area contributed by atoms with Gasteiger partial charge in [0.2, 0.25) is 0 Å². The number of halogens is 1. The van der Waals surface area contributed by atoms with Gasteiger partial charge in [0, 0.05) is 9.37 Å². The highest BCUT2D eigenvalue weighted by Gasteiger charge is 2.01. The molecule has 0 amide bonds. The van der Waals surface area contributed by atoms with Gasteiger partial charge >= 0.3 is 0 Å². The van der Waals surface area contributed by atoms with E-state index in [-0.39, 0.29) is 0 Å². The van der Waals surface area contributed by atoms with Crippen LogP contribution in [0, 0.1) is 0 Å². The molecule has 0 aliphatic carbocycles. The molecule has 2 rings (SSSR count). The van der Waals surface area contributed by atoms with Crippen LogP contribution in [0.1, 0.15) is 0 Å². The summed E-state index contributed by atoms with van der Waals surface area (Å²) < 4.78 is 22.7. The molecule has 0 N–H and O–H groups in total. The third-order valence-corrected chi connectivity index (χ3v) is 3.19. The molecule has 2 aromatic carbocycles. The minimum Gasteiger partial charge on any atom is -0.768 e. The average molecular weight is 270 g/mol. The van der Waals surface area contributed by atoms with Crippen LogP contribution in [0.5, 0.6) is 0 Å². The molecule has 2 nitrogen and oxygen atoms in total. The van der Waals surface area contributed by atoms with E-state index in [2.05, 4.69) is 15.9 Å². The van der Waals surface area contributed by atoms with Gasteiger partial charge in [0.15, 0.2) is 0 Å². The lowest BCUT2D eigenvalue weighted by Gasteiger charge is -2.08. The summed E-state index contributed by atoms with van der Waals surface area (Å²) in [7, 11) is 0. The average Bonchev–Trinajstić information content (AvgIpc) is 2.16. The molecule has 0 radical (unpaired) electrons. The van der Waals surface area contributed by atoms with Crippen molar-refractivity contribution in [1.29, 1.82) is 0 Å². The fourth-order valence-corrected chi connectivity index (χ4v) is 2.27. The molecule has 0 spiro atoms. The molecule has 0 aromatic heterocycles. The van der Waals surface area contributed by atoms with Gasteiger partial charge in [-0.25, -0.2) is 0 Å². The summed E-state index contributed by atoms with van der Waals surface area (Å²) in [5.41, 5.74) is 0. The van der Waals surface area contributed by atoms with Crippen molar-refractivity contribution < 1.29 is 8.76 Å². The zero-order chi connectivity index (χ0) is 10.1. The first kappa shape index (κ1) is 9.83. The topological polar surface area (TPSA) is 40.1 Å². The highest BCUT2D eigenvalue weighted by atomic mass is 79.9. The van der Waals surface area contributed by atoms with E-state index in [4.69, 9.17) is 0 Å². The van der Waals surface area contributed by atoms with Gasteiger partial charge in [-0.1, -0.05) is 34.1 Å². The predicted octanol–water partition coefficient (Wildman–Crippen LogP) is 2.84. The third kappa shape index (κ3) is 1.73. The number of hydrogen-bond donors (Lipinski definition) is 0. The minimum absolute atomic E-state index is 0.337. The second kappa shape index (κ2) is 3.81. The SMILES string of the molecule is O=S([O-])c1cccc2ccc(Br)cc12. The van der Waals surface area contributed by atoms with E-state index in [1.165, 1.54) is 0 Å². The Morgan fingerprint density at radius 1 is 1.21 bits per heavy atom. The van der Waals surface area contributed by atoms with Crippen LogP contribution in [0.2, 0.25) is 0 Å². The maximum absolute atomic E-state index is 10.9. The predicted molar refractivity (Wildman–Crippen MR) is 58.8 cm³/mol. The number of rotatable bonds is 1. The van der Waals surface area contributed by atoms with Crippen LogP contribution in [-0.2, 0) is 11.1 Å². The Hall–Kier alpha value is -0.710. The normalized spacial score (nSPS) is 13.0. The summed E-state index contributed by atoms with van der Waals surface area (Å²) in [6, 6.07) is 10.8. The largest absolute Gasteiger partial charge is 0.768 e. The molecule has 4 heteroatoms. The Kier molecular flexibility index (Phi) is 2.67. The van der Waals surface area contributed by atoms with Gasteiger partial charge in [0.1, 0.15) is 0 Å². The smallest absolute Gasteiger partial charge is 0.0327 e. The summed E-state index contributed by atoms with van der Waals surface area (Å²) in [4.78, 5) is 0.337. The van der Waals surface area contributed by atoms with Crippen molar-refractivity contribution in [2.75, 3.05) is 0 Å². The van der Waals surface area contributed by atoms with Crippen LogP contribution in [0.3, 0.4) is 0 Å². The molecular formula is C10H6BrO2S-. The Morgan fingerprint density at radius 3 is 2.71 bits per heavy atom. The molecule has 0 aliphatic rings. The molecule has 0 saturated carbocycles. The lowest BCUT2D eigenvalue weighted by atomic mass is 10.1. The van der Waals surface area contributed by atoms with Crippen LogP contribution in [-0.4, -0.2) is 8.76 Å². The maximum Gasteiger partial charge on any atom is 0.0327 e. The number of fused-ring (bicyclic) bond motifs is 1. The summed E-state index contributed by atoms with van der Waals surface area (Å²) in [6.07, 6.45) is 0. The lowest BCUT2D eigenvalue weighted by molar-refractivity contribution is 0.538. The van der Waals surface area contributed by atoms with Gasteiger partial charge in [0.05, 0.1) is 0 Å². The molecule has 1 unspecified atom stereocenters.